The van der Waals surface area contributed by atoms with E-state index in [-0.39, 0.29) is 0 Å². The number of hydrogen-bond acceptors (Lipinski definition) is 1. The molecule has 0 aromatic heterocycles. The molecule has 0 aromatic carbocycles. The summed E-state index contributed by atoms with van der Waals surface area (Å²) in [6.45, 7) is 6.19. The van der Waals surface area contributed by atoms with Crippen molar-refractivity contribution in [3.63, 3.8) is 0 Å². The molecule has 12 heavy (non-hydrogen) atoms. The SMILES string of the molecule is C=CCC1CC(NC)CCC1C. The van der Waals surface area contributed by atoms with Gasteiger partial charge in [0, 0.05) is 6.04 Å². The average molecular weight is 167 g/mol. The average Bonchev–Trinajstić information content (AvgIpc) is 2.09. The fourth-order valence-corrected chi connectivity index (χ4v) is 2.22. The van der Waals surface area contributed by atoms with Crippen LogP contribution in [-0.2, 0) is 0 Å². The highest BCUT2D eigenvalue weighted by molar-refractivity contribution is 4.85. The lowest BCUT2D eigenvalue weighted by Crippen LogP contribution is -2.34. The lowest BCUT2D eigenvalue weighted by molar-refractivity contribution is 0.218. The summed E-state index contributed by atoms with van der Waals surface area (Å²) in [4.78, 5) is 0. The van der Waals surface area contributed by atoms with E-state index < -0.39 is 0 Å². The van der Waals surface area contributed by atoms with Crippen LogP contribution >= 0.6 is 0 Å². The number of hydrogen-bond donors (Lipinski definition) is 1. The largest absolute Gasteiger partial charge is 0.317 e. The Morgan fingerprint density at radius 2 is 2.25 bits per heavy atom. The summed E-state index contributed by atoms with van der Waals surface area (Å²) in [5.41, 5.74) is 0. The van der Waals surface area contributed by atoms with Crippen molar-refractivity contribution in [2.24, 2.45) is 11.8 Å². The Labute approximate surface area is 76.2 Å². The minimum absolute atomic E-state index is 0.756. The zero-order valence-corrected chi connectivity index (χ0v) is 8.34. The van der Waals surface area contributed by atoms with Crippen molar-refractivity contribution in [2.75, 3.05) is 7.05 Å². The molecule has 1 aliphatic rings. The first kappa shape index (κ1) is 9.79. The molecule has 0 radical (unpaired) electrons. The highest BCUT2D eigenvalue weighted by Crippen LogP contribution is 2.32. The van der Waals surface area contributed by atoms with Crippen LogP contribution in [0.3, 0.4) is 0 Å². The van der Waals surface area contributed by atoms with Crippen molar-refractivity contribution >= 4 is 0 Å². The van der Waals surface area contributed by atoms with Crippen molar-refractivity contribution in [1.29, 1.82) is 0 Å². The molecule has 1 rings (SSSR count). The highest BCUT2D eigenvalue weighted by atomic mass is 14.9. The molecule has 0 amide bonds. The van der Waals surface area contributed by atoms with E-state index in [0.717, 1.165) is 17.9 Å². The fraction of sp³-hybridized carbons (Fsp3) is 0.818. The molecule has 0 spiro atoms. The van der Waals surface area contributed by atoms with Gasteiger partial charge < -0.3 is 5.32 Å². The molecule has 3 atom stereocenters. The summed E-state index contributed by atoms with van der Waals surface area (Å²) in [7, 11) is 2.08. The second kappa shape index (κ2) is 4.66. The maximum absolute atomic E-state index is 3.82. The predicted octanol–water partition coefficient (Wildman–Crippen LogP) is 2.59. The van der Waals surface area contributed by atoms with Crippen LogP contribution in [0, 0.1) is 11.8 Å². The second-order valence-electron chi connectivity index (χ2n) is 4.06. The molecule has 70 valence electrons. The van der Waals surface area contributed by atoms with E-state index >= 15 is 0 Å². The molecule has 0 heterocycles. The molecule has 0 aliphatic heterocycles. The Morgan fingerprint density at radius 3 is 2.83 bits per heavy atom. The third-order valence-corrected chi connectivity index (χ3v) is 3.24. The van der Waals surface area contributed by atoms with Crippen molar-refractivity contribution in [2.45, 2.75) is 38.6 Å². The van der Waals surface area contributed by atoms with Crippen LogP contribution in [0.1, 0.15) is 32.6 Å². The third-order valence-electron chi connectivity index (χ3n) is 3.24. The van der Waals surface area contributed by atoms with E-state index in [9.17, 15) is 0 Å². The molecule has 1 heteroatoms. The summed E-state index contributed by atoms with van der Waals surface area (Å²) in [6, 6.07) is 0.756. The van der Waals surface area contributed by atoms with Crippen molar-refractivity contribution < 1.29 is 0 Å². The molecule has 1 fully saturated rings. The van der Waals surface area contributed by atoms with E-state index in [0.29, 0.717) is 0 Å². The van der Waals surface area contributed by atoms with E-state index in [2.05, 4.69) is 31.9 Å². The van der Waals surface area contributed by atoms with Gasteiger partial charge in [-0.2, -0.15) is 0 Å². The normalized spacial score (nSPS) is 36.3. The quantitative estimate of drug-likeness (QED) is 0.637. The van der Waals surface area contributed by atoms with E-state index in [1.54, 1.807) is 0 Å². The zero-order valence-electron chi connectivity index (χ0n) is 8.34. The first-order valence-corrected chi connectivity index (χ1v) is 5.06. The summed E-state index contributed by atoms with van der Waals surface area (Å²) in [5, 5.41) is 3.38. The number of nitrogens with one attached hydrogen (secondary N) is 1. The zero-order chi connectivity index (χ0) is 8.97. The standard InChI is InChI=1S/C11H21N/c1-4-5-10-8-11(12-3)7-6-9(10)2/h4,9-12H,1,5-8H2,2-3H3. The summed E-state index contributed by atoms with van der Waals surface area (Å²) < 4.78 is 0. The van der Waals surface area contributed by atoms with Gasteiger partial charge in [-0.1, -0.05) is 13.0 Å². The Kier molecular flexibility index (Phi) is 3.80. The van der Waals surface area contributed by atoms with Crippen molar-refractivity contribution in [3.05, 3.63) is 12.7 Å². The molecule has 0 aromatic rings. The Bertz CT molecular complexity index is 142. The summed E-state index contributed by atoms with van der Waals surface area (Å²) in [5.74, 6) is 1.77. The molecule has 0 bridgehead atoms. The first-order valence-electron chi connectivity index (χ1n) is 5.06. The molecule has 1 saturated carbocycles. The van der Waals surface area contributed by atoms with Gasteiger partial charge in [0.25, 0.3) is 0 Å². The number of allylic oxidation sites excluding steroid dienone is 1. The van der Waals surface area contributed by atoms with Gasteiger partial charge in [-0.15, -0.1) is 6.58 Å². The van der Waals surface area contributed by atoms with Gasteiger partial charge in [0.05, 0.1) is 0 Å². The van der Waals surface area contributed by atoms with E-state index in [4.69, 9.17) is 0 Å². The van der Waals surface area contributed by atoms with Gasteiger partial charge >= 0.3 is 0 Å². The minimum atomic E-state index is 0.756. The molecular weight excluding hydrogens is 146 g/mol. The van der Waals surface area contributed by atoms with Gasteiger partial charge in [0.15, 0.2) is 0 Å². The van der Waals surface area contributed by atoms with Gasteiger partial charge in [-0.05, 0) is 44.6 Å². The lowest BCUT2D eigenvalue weighted by atomic mass is 9.76. The van der Waals surface area contributed by atoms with Gasteiger partial charge in [-0.25, -0.2) is 0 Å². The van der Waals surface area contributed by atoms with Gasteiger partial charge in [0.2, 0.25) is 0 Å². The first-order chi connectivity index (χ1) is 5.77. The Balaban J connectivity index is 2.41. The van der Waals surface area contributed by atoms with Crippen LogP contribution in [0.4, 0.5) is 0 Å². The second-order valence-corrected chi connectivity index (χ2v) is 4.06. The van der Waals surface area contributed by atoms with Crippen LogP contribution < -0.4 is 5.32 Å². The van der Waals surface area contributed by atoms with Crippen molar-refractivity contribution in [3.8, 4) is 0 Å². The molecule has 1 N–H and O–H groups in total. The molecule has 3 unspecified atom stereocenters. The summed E-state index contributed by atoms with van der Waals surface area (Å²) in [6.07, 6.45) is 7.33. The summed E-state index contributed by atoms with van der Waals surface area (Å²) >= 11 is 0. The predicted molar refractivity (Wildman–Crippen MR) is 54.2 cm³/mol. The molecular formula is C11H21N. The molecule has 1 nitrogen and oxygen atoms in total. The highest BCUT2D eigenvalue weighted by Gasteiger charge is 2.25. The van der Waals surface area contributed by atoms with Crippen LogP contribution in [0.25, 0.3) is 0 Å². The number of rotatable bonds is 3. The molecule has 0 saturated heterocycles. The smallest absolute Gasteiger partial charge is 0.00670 e. The van der Waals surface area contributed by atoms with Gasteiger partial charge in [-0.3, -0.25) is 0 Å². The Morgan fingerprint density at radius 1 is 1.50 bits per heavy atom. The topological polar surface area (TPSA) is 12.0 Å². The van der Waals surface area contributed by atoms with E-state index in [1.807, 2.05) is 0 Å². The maximum Gasteiger partial charge on any atom is 0.00670 e. The Hall–Kier alpha value is -0.300. The van der Waals surface area contributed by atoms with Crippen LogP contribution in [0.2, 0.25) is 0 Å². The van der Waals surface area contributed by atoms with E-state index in [1.165, 1.54) is 25.7 Å². The maximum atomic E-state index is 3.82. The van der Waals surface area contributed by atoms with Crippen LogP contribution in [0.5, 0.6) is 0 Å². The third kappa shape index (κ3) is 2.34. The van der Waals surface area contributed by atoms with Crippen LogP contribution in [-0.4, -0.2) is 13.1 Å². The lowest BCUT2D eigenvalue weighted by Gasteiger charge is -2.33. The minimum Gasteiger partial charge on any atom is -0.317 e. The molecule has 1 aliphatic carbocycles. The van der Waals surface area contributed by atoms with Crippen molar-refractivity contribution in [1.82, 2.24) is 5.32 Å². The fourth-order valence-electron chi connectivity index (χ4n) is 2.22. The monoisotopic (exact) mass is 167 g/mol. The van der Waals surface area contributed by atoms with Gasteiger partial charge in [0.1, 0.15) is 0 Å². The van der Waals surface area contributed by atoms with Crippen LogP contribution in [0.15, 0.2) is 12.7 Å².